The molecule has 0 aliphatic heterocycles. The Balaban J connectivity index is 1.69. The van der Waals surface area contributed by atoms with E-state index in [9.17, 15) is 18.8 Å². The van der Waals surface area contributed by atoms with E-state index in [2.05, 4.69) is 10.3 Å². The Morgan fingerprint density at radius 3 is 2.70 bits per heavy atom. The van der Waals surface area contributed by atoms with E-state index < -0.39 is 17.1 Å². The highest BCUT2D eigenvalue weighted by Gasteiger charge is 2.14. The van der Waals surface area contributed by atoms with Crippen molar-refractivity contribution < 1.29 is 9.18 Å². The smallest absolute Gasteiger partial charge is 0.326 e. The van der Waals surface area contributed by atoms with E-state index in [1.165, 1.54) is 30.1 Å². The number of amides is 1. The number of imidazole rings is 1. The number of halogens is 2. The van der Waals surface area contributed by atoms with Gasteiger partial charge in [-0.25, -0.2) is 14.2 Å². The lowest BCUT2D eigenvalue weighted by Crippen LogP contribution is -2.37. The van der Waals surface area contributed by atoms with Crippen molar-refractivity contribution in [1.29, 1.82) is 0 Å². The zero-order valence-corrected chi connectivity index (χ0v) is 15.5. The molecule has 142 valence electrons. The molecule has 27 heavy (non-hydrogen) atoms. The summed E-state index contributed by atoms with van der Waals surface area (Å²) in [6.45, 7) is 0.367. The van der Waals surface area contributed by atoms with Gasteiger partial charge in [-0.3, -0.25) is 18.7 Å². The molecule has 0 unspecified atom stereocenters. The molecule has 0 aliphatic carbocycles. The second kappa shape index (κ2) is 7.36. The van der Waals surface area contributed by atoms with Crippen molar-refractivity contribution in [2.75, 3.05) is 5.32 Å². The molecule has 0 bridgehead atoms. The third kappa shape index (κ3) is 3.63. The molecule has 0 saturated carbocycles. The minimum absolute atomic E-state index is 0.0176. The minimum atomic E-state index is -0.610. The second-order valence-electron chi connectivity index (χ2n) is 6.10. The van der Waals surface area contributed by atoms with Crippen molar-refractivity contribution in [1.82, 2.24) is 18.7 Å². The Morgan fingerprint density at radius 2 is 2.00 bits per heavy atom. The molecule has 0 atom stereocenters. The monoisotopic (exact) mass is 393 g/mol. The molecule has 2 heterocycles. The fraction of sp³-hybridized carbons (Fsp3) is 0.294. The van der Waals surface area contributed by atoms with Gasteiger partial charge in [-0.15, -0.1) is 0 Å². The predicted molar refractivity (Wildman–Crippen MR) is 99.5 cm³/mol. The molecule has 0 aliphatic rings. The Labute approximate surface area is 157 Å². The highest BCUT2D eigenvalue weighted by atomic mass is 35.5. The zero-order valence-electron chi connectivity index (χ0n) is 14.7. The third-order valence-electron chi connectivity index (χ3n) is 4.22. The van der Waals surface area contributed by atoms with Gasteiger partial charge in [0.1, 0.15) is 5.82 Å². The van der Waals surface area contributed by atoms with Crippen LogP contribution in [0.1, 0.15) is 12.8 Å². The Hall–Kier alpha value is -2.94. The number of rotatable bonds is 5. The largest absolute Gasteiger partial charge is 0.332 e. The van der Waals surface area contributed by atoms with Gasteiger partial charge in [0, 0.05) is 32.7 Å². The molecular weight excluding hydrogens is 377 g/mol. The summed E-state index contributed by atoms with van der Waals surface area (Å²) in [5, 5.41) is 2.57. The quantitative estimate of drug-likeness (QED) is 0.713. The van der Waals surface area contributed by atoms with Crippen LogP contribution in [0, 0.1) is 5.82 Å². The number of benzene rings is 1. The van der Waals surface area contributed by atoms with Crippen molar-refractivity contribution in [2.24, 2.45) is 14.1 Å². The average Bonchev–Trinajstić information content (AvgIpc) is 3.05. The number of carbonyl (C=O) groups is 1. The topological polar surface area (TPSA) is 90.9 Å². The third-order valence-corrected chi connectivity index (χ3v) is 4.53. The van der Waals surface area contributed by atoms with Crippen LogP contribution in [0.4, 0.5) is 10.1 Å². The van der Waals surface area contributed by atoms with E-state index in [1.807, 2.05) is 0 Å². The van der Waals surface area contributed by atoms with Gasteiger partial charge in [-0.1, -0.05) is 11.6 Å². The number of hydrogen-bond acceptors (Lipinski definition) is 4. The first-order chi connectivity index (χ1) is 12.8. The van der Waals surface area contributed by atoms with Crippen molar-refractivity contribution in [3.8, 4) is 0 Å². The van der Waals surface area contributed by atoms with Crippen molar-refractivity contribution in [2.45, 2.75) is 19.4 Å². The summed E-state index contributed by atoms with van der Waals surface area (Å²) in [7, 11) is 2.94. The van der Waals surface area contributed by atoms with Crippen LogP contribution < -0.4 is 16.6 Å². The highest BCUT2D eigenvalue weighted by Crippen LogP contribution is 2.19. The van der Waals surface area contributed by atoms with E-state index in [4.69, 9.17) is 11.6 Å². The van der Waals surface area contributed by atoms with Crippen LogP contribution in [0.15, 0.2) is 34.1 Å². The molecule has 2 aromatic heterocycles. The van der Waals surface area contributed by atoms with Crippen molar-refractivity contribution in [3.63, 3.8) is 0 Å². The van der Waals surface area contributed by atoms with Gasteiger partial charge in [-0.2, -0.15) is 0 Å². The van der Waals surface area contributed by atoms with Gasteiger partial charge in [-0.05, 0) is 24.6 Å². The number of nitrogens with one attached hydrogen (secondary N) is 1. The molecule has 0 saturated heterocycles. The molecular formula is C17H17ClFN5O3. The fourth-order valence-electron chi connectivity index (χ4n) is 2.77. The summed E-state index contributed by atoms with van der Waals surface area (Å²) in [5.41, 5.74) is 0.0295. The van der Waals surface area contributed by atoms with Crippen LogP contribution in [-0.2, 0) is 25.4 Å². The van der Waals surface area contributed by atoms with Gasteiger partial charge in [0.25, 0.3) is 5.56 Å². The molecule has 1 amide bonds. The predicted octanol–water partition coefficient (Wildman–Crippen LogP) is 1.65. The van der Waals surface area contributed by atoms with Crippen LogP contribution in [0.3, 0.4) is 0 Å². The first-order valence-electron chi connectivity index (χ1n) is 8.15. The number of anilines is 1. The first kappa shape index (κ1) is 18.8. The maximum atomic E-state index is 13.4. The maximum absolute atomic E-state index is 13.4. The number of aryl methyl sites for hydroxylation is 2. The molecule has 3 rings (SSSR count). The van der Waals surface area contributed by atoms with E-state index in [-0.39, 0.29) is 17.4 Å². The molecule has 1 N–H and O–H groups in total. The lowest BCUT2D eigenvalue weighted by atomic mass is 10.2. The van der Waals surface area contributed by atoms with E-state index in [0.717, 1.165) is 10.6 Å². The van der Waals surface area contributed by atoms with Gasteiger partial charge in [0.2, 0.25) is 5.91 Å². The molecule has 10 heteroatoms. The maximum Gasteiger partial charge on any atom is 0.332 e. The second-order valence-corrected chi connectivity index (χ2v) is 6.50. The van der Waals surface area contributed by atoms with Crippen LogP contribution in [-0.4, -0.2) is 24.6 Å². The highest BCUT2D eigenvalue weighted by molar-refractivity contribution is 6.30. The lowest BCUT2D eigenvalue weighted by Gasteiger charge is -2.08. The van der Waals surface area contributed by atoms with Gasteiger partial charge < -0.3 is 9.88 Å². The molecule has 3 aromatic rings. The molecule has 0 fully saturated rings. The Bertz CT molecular complexity index is 1150. The number of carbonyl (C=O) groups excluding carboxylic acids is 1. The summed E-state index contributed by atoms with van der Waals surface area (Å²) < 4.78 is 17.3. The van der Waals surface area contributed by atoms with Crippen LogP contribution >= 0.6 is 11.6 Å². The number of hydrogen-bond donors (Lipinski definition) is 1. The minimum Gasteiger partial charge on any atom is -0.326 e. The first-order valence-corrected chi connectivity index (χ1v) is 8.53. The van der Waals surface area contributed by atoms with Crippen LogP contribution in [0.25, 0.3) is 11.2 Å². The van der Waals surface area contributed by atoms with Gasteiger partial charge in [0.05, 0.1) is 11.3 Å². The molecule has 8 nitrogen and oxygen atoms in total. The molecule has 1 aromatic carbocycles. The van der Waals surface area contributed by atoms with Crippen molar-refractivity contribution in [3.05, 3.63) is 56.2 Å². The van der Waals surface area contributed by atoms with E-state index in [1.54, 1.807) is 11.6 Å². The standard InChI is InChI=1S/C17H17ClFN5O3/c1-22-15-14(16(26)23(2)17(22)27)24(9-20-15)7-3-4-13(25)21-10-5-6-11(18)12(19)8-10/h5-6,8-9H,3-4,7H2,1-2H3,(H,21,25). The number of aromatic nitrogens is 4. The molecule has 0 spiro atoms. The number of fused-ring (bicyclic) bond motifs is 1. The Kier molecular flexibility index (Phi) is 5.13. The normalized spacial score (nSPS) is 11.1. The molecule has 0 radical (unpaired) electrons. The average molecular weight is 394 g/mol. The van der Waals surface area contributed by atoms with Crippen molar-refractivity contribution >= 4 is 34.4 Å². The summed E-state index contributed by atoms with van der Waals surface area (Å²) in [4.78, 5) is 40.4. The zero-order chi connectivity index (χ0) is 19.7. The SMILES string of the molecule is Cn1c(=O)c2c(ncn2CCCC(=O)Nc2ccc(Cl)c(F)c2)n(C)c1=O. The summed E-state index contributed by atoms with van der Waals surface area (Å²) >= 11 is 5.61. The summed E-state index contributed by atoms with van der Waals surface area (Å²) in [5.74, 6) is -0.901. The van der Waals surface area contributed by atoms with Crippen LogP contribution in [0.5, 0.6) is 0 Å². The van der Waals surface area contributed by atoms with Gasteiger partial charge >= 0.3 is 5.69 Å². The lowest BCUT2D eigenvalue weighted by molar-refractivity contribution is -0.116. The van der Waals surface area contributed by atoms with E-state index in [0.29, 0.717) is 29.8 Å². The number of nitrogens with zero attached hydrogens (tertiary/aromatic N) is 4. The Morgan fingerprint density at radius 1 is 1.26 bits per heavy atom. The van der Waals surface area contributed by atoms with Crippen LogP contribution in [0.2, 0.25) is 5.02 Å². The van der Waals surface area contributed by atoms with Gasteiger partial charge in [0.15, 0.2) is 11.2 Å². The summed E-state index contributed by atoms with van der Waals surface area (Å²) in [6.07, 6.45) is 2.06. The fourth-order valence-corrected chi connectivity index (χ4v) is 2.89. The summed E-state index contributed by atoms with van der Waals surface area (Å²) in [6, 6.07) is 4.02. The van der Waals surface area contributed by atoms with E-state index >= 15 is 0 Å².